The summed E-state index contributed by atoms with van der Waals surface area (Å²) in [7, 11) is 0. The number of amides is 1. The third kappa shape index (κ3) is 4.67. The van der Waals surface area contributed by atoms with Crippen molar-refractivity contribution in [3.63, 3.8) is 0 Å². The van der Waals surface area contributed by atoms with E-state index >= 15 is 0 Å². The van der Waals surface area contributed by atoms with E-state index in [4.69, 9.17) is 4.74 Å². The van der Waals surface area contributed by atoms with E-state index in [9.17, 15) is 4.79 Å². The summed E-state index contributed by atoms with van der Waals surface area (Å²) in [6.45, 7) is 8.69. The second kappa shape index (κ2) is 7.58. The number of nitrogens with one attached hydrogen (secondary N) is 1. The van der Waals surface area contributed by atoms with Crippen molar-refractivity contribution in [3.8, 4) is 5.75 Å². The molecule has 23 heavy (non-hydrogen) atoms. The highest BCUT2D eigenvalue weighted by molar-refractivity contribution is 5.83. The molecular formula is C17H22N4O2. The van der Waals surface area contributed by atoms with Gasteiger partial charge in [0.2, 0.25) is 0 Å². The van der Waals surface area contributed by atoms with Crippen LogP contribution in [0.3, 0.4) is 0 Å². The number of hydrogen-bond acceptors (Lipinski definition) is 4. The van der Waals surface area contributed by atoms with E-state index < -0.39 is 0 Å². The molecule has 2 rings (SSSR count). The first kappa shape index (κ1) is 16.7. The lowest BCUT2D eigenvalue weighted by molar-refractivity contribution is -0.123. The molecule has 1 heterocycles. The number of hydrazone groups is 1. The van der Waals surface area contributed by atoms with Gasteiger partial charge in [0.05, 0.1) is 12.4 Å². The first-order valence-electron chi connectivity index (χ1n) is 7.55. The molecule has 0 aliphatic heterocycles. The van der Waals surface area contributed by atoms with Crippen molar-refractivity contribution < 1.29 is 9.53 Å². The highest BCUT2D eigenvalue weighted by Gasteiger charge is 2.04. The van der Waals surface area contributed by atoms with Crippen LogP contribution in [0.1, 0.15) is 29.3 Å². The number of carbonyl (C=O) groups is 1. The summed E-state index contributed by atoms with van der Waals surface area (Å²) in [5, 5.41) is 8.15. The fourth-order valence-electron chi connectivity index (χ4n) is 2.28. The van der Waals surface area contributed by atoms with E-state index in [0.29, 0.717) is 5.75 Å². The van der Waals surface area contributed by atoms with Gasteiger partial charge in [-0.25, -0.2) is 5.43 Å². The number of rotatable bonds is 6. The molecule has 0 aliphatic rings. The number of ether oxygens (including phenoxy) is 1. The molecule has 0 unspecified atom stereocenters. The molecule has 0 atom stereocenters. The third-order valence-electron chi connectivity index (χ3n) is 3.40. The van der Waals surface area contributed by atoms with Gasteiger partial charge in [0.15, 0.2) is 6.61 Å². The minimum absolute atomic E-state index is 0.0760. The molecule has 0 aliphatic carbocycles. The number of carbonyl (C=O) groups excluding carboxylic acids is 1. The van der Waals surface area contributed by atoms with Crippen molar-refractivity contribution in [3.05, 3.63) is 46.8 Å². The highest BCUT2D eigenvalue weighted by Crippen LogP contribution is 2.15. The quantitative estimate of drug-likeness (QED) is 0.657. The predicted octanol–water partition coefficient (Wildman–Crippen LogP) is 2.36. The number of nitrogens with zero attached hydrogens (tertiary/aromatic N) is 3. The Labute approximate surface area is 136 Å². The fourth-order valence-corrected chi connectivity index (χ4v) is 2.28. The maximum absolute atomic E-state index is 11.8. The number of aromatic nitrogens is 2. The summed E-state index contributed by atoms with van der Waals surface area (Å²) in [5.74, 6) is 0.377. The normalized spacial score (nSPS) is 11.0. The lowest BCUT2D eigenvalue weighted by atomic mass is 10.1. The smallest absolute Gasteiger partial charge is 0.277 e. The largest absolute Gasteiger partial charge is 0.484 e. The van der Waals surface area contributed by atoms with Gasteiger partial charge in [0.1, 0.15) is 5.75 Å². The zero-order chi connectivity index (χ0) is 16.8. The van der Waals surface area contributed by atoms with Crippen molar-refractivity contribution >= 4 is 12.1 Å². The summed E-state index contributed by atoms with van der Waals surface area (Å²) < 4.78 is 7.34. The van der Waals surface area contributed by atoms with Gasteiger partial charge in [-0.3, -0.25) is 9.48 Å². The van der Waals surface area contributed by atoms with Crippen molar-refractivity contribution in [2.45, 2.75) is 34.2 Å². The maximum atomic E-state index is 11.8. The van der Waals surface area contributed by atoms with Gasteiger partial charge in [-0.05, 0) is 51.0 Å². The predicted molar refractivity (Wildman–Crippen MR) is 89.8 cm³/mol. The molecule has 0 bridgehead atoms. The van der Waals surface area contributed by atoms with Crippen LogP contribution in [0.25, 0.3) is 0 Å². The van der Waals surface area contributed by atoms with Crippen LogP contribution >= 0.6 is 0 Å². The molecule has 122 valence electrons. The van der Waals surface area contributed by atoms with E-state index in [1.54, 1.807) is 12.4 Å². The Kier molecular flexibility index (Phi) is 5.51. The molecule has 0 saturated carbocycles. The molecular weight excluding hydrogens is 292 g/mol. The summed E-state index contributed by atoms with van der Waals surface area (Å²) in [4.78, 5) is 11.8. The van der Waals surface area contributed by atoms with Gasteiger partial charge in [0, 0.05) is 17.8 Å². The van der Waals surface area contributed by atoms with Crippen LogP contribution in [0.4, 0.5) is 0 Å². The molecule has 6 nitrogen and oxygen atoms in total. The average Bonchev–Trinajstić information content (AvgIpc) is 2.85. The molecule has 0 radical (unpaired) electrons. The van der Waals surface area contributed by atoms with Crippen LogP contribution in [0.15, 0.2) is 29.5 Å². The Morgan fingerprint density at radius 3 is 2.61 bits per heavy atom. The molecule has 0 saturated heterocycles. The van der Waals surface area contributed by atoms with Gasteiger partial charge < -0.3 is 4.74 Å². The van der Waals surface area contributed by atoms with Crippen LogP contribution in [0.5, 0.6) is 5.75 Å². The highest BCUT2D eigenvalue weighted by atomic mass is 16.5. The Balaban J connectivity index is 1.85. The number of benzene rings is 1. The zero-order valence-corrected chi connectivity index (χ0v) is 14.0. The van der Waals surface area contributed by atoms with E-state index in [1.807, 2.05) is 44.5 Å². The zero-order valence-electron chi connectivity index (χ0n) is 14.0. The fraction of sp³-hybridized carbons (Fsp3) is 0.353. The second-order valence-corrected chi connectivity index (χ2v) is 5.41. The van der Waals surface area contributed by atoms with E-state index in [-0.39, 0.29) is 12.5 Å². The minimum Gasteiger partial charge on any atom is -0.484 e. The van der Waals surface area contributed by atoms with E-state index in [2.05, 4.69) is 21.7 Å². The van der Waals surface area contributed by atoms with Gasteiger partial charge in [0.25, 0.3) is 5.91 Å². The van der Waals surface area contributed by atoms with Crippen LogP contribution in [-0.2, 0) is 11.3 Å². The molecule has 6 heteroatoms. The Bertz CT molecular complexity index is 699. The lowest BCUT2D eigenvalue weighted by Gasteiger charge is -2.07. The molecule has 0 spiro atoms. The molecule has 1 amide bonds. The molecule has 2 aromatic rings. The number of hydrogen-bond donors (Lipinski definition) is 1. The summed E-state index contributed by atoms with van der Waals surface area (Å²) in [6, 6.07) is 5.84. The number of aryl methyl sites for hydroxylation is 3. The molecule has 1 aromatic heterocycles. The van der Waals surface area contributed by atoms with Crippen LogP contribution in [0.2, 0.25) is 0 Å². The Morgan fingerprint density at radius 1 is 1.30 bits per heavy atom. The molecule has 0 fully saturated rings. The van der Waals surface area contributed by atoms with Crippen molar-refractivity contribution in [1.29, 1.82) is 0 Å². The lowest BCUT2D eigenvalue weighted by Crippen LogP contribution is -2.24. The van der Waals surface area contributed by atoms with Gasteiger partial charge >= 0.3 is 0 Å². The first-order valence-corrected chi connectivity index (χ1v) is 7.55. The van der Waals surface area contributed by atoms with Crippen molar-refractivity contribution in [2.75, 3.05) is 6.61 Å². The monoisotopic (exact) mass is 314 g/mol. The van der Waals surface area contributed by atoms with Gasteiger partial charge in [-0.2, -0.15) is 10.2 Å². The second-order valence-electron chi connectivity index (χ2n) is 5.41. The summed E-state index contributed by atoms with van der Waals surface area (Å²) in [5.41, 5.74) is 6.54. The minimum atomic E-state index is -0.305. The van der Waals surface area contributed by atoms with E-state index in [1.165, 1.54) is 0 Å². The van der Waals surface area contributed by atoms with Gasteiger partial charge in [-0.1, -0.05) is 6.07 Å². The third-order valence-corrected chi connectivity index (χ3v) is 3.40. The van der Waals surface area contributed by atoms with Crippen molar-refractivity contribution in [2.24, 2.45) is 5.10 Å². The topological polar surface area (TPSA) is 68.5 Å². The maximum Gasteiger partial charge on any atom is 0.277 e. The standard InChI is InChI=1S/C17H22N4O2/c1-5-21-14(4)15(10-19-21)9-18-20-17(22)11-23-16-7-12(2)6-13(3)8-16/h6-10H,5,11H2,1-4H3,(H,20,22)/b18-9+. The first-order chi connectivity index (χ1) is 11.0. The van der Waals surface area contributed by atoms with Crippen molar-refractivity contribution in [1.82, 2.24) is 15.2 Å². The van der Waals surface area contributed by atoms with E-state index in [0.717, 1.165) is 28.9 Å². The average molecular weight is 314 g/mol. The van der Waals surface area contributed by atoms with Crippen LogP contribution in [0, 0.1) is 20.8 Å². The Hall–Kier alpha value is -2.63. The summed E-state index contributed by atoms with van der Waals surface area (Å²) in [6.07, 6.45) is 3.31. The summed E-state index contributed by atoms with van der Waals surface area (Å²) >= 11 is 0. The molecule has 1 N–H and O–H groups in total. The Morgan fingerprint density at radius 2 is 2.00 bits per heavy atom. The SMILES string of the molecule is CCn1ncc(/C=N/NC(=O)COc2cc(C)cc(C)c2)c1C. The molecule has 1 aromatic carbocycles. The van der Waals surface area contributed by atoms with Crippen LogP contribution < -0.4 is 10.2 Å². The van der Waals surface area contributed by atoms with Gasteiger partial charge in [-0.15, -0.1) is 0 Å². The van der Waals surface area contributed by atoms with Crippen LogP contribution in [-0.4, -0.2) is 28.5 Å².